The number of hydrogen-bond donors (Lipinski definition) is 0. The molecule has 0 aliphatic heterocycles. The van der Waals surface area contributed by atoms with Crippen LogP contribution in [0.2, 0.25) is 0 Å². The van der Waals surface area contributed by atoms with Crippen molar-refractivity contribution in [3.05, 3.63) is 36.3 Å². The number of aryl methyl sites for hydroxylation is 1. The normalized spacial score (nSPS) is 10.7. The molecule has 1 rings (SSSR count). The molecule has 1 aromatic rings. The summed E-state index contributed by atoms with van der Waals surface area (Å²) in [6.45, 7) is 1.87. The Bertz CT molecular complexity index is 407. The lowest BCUT2D eigenvalue weighted by Gasteiger charge is -1.95. The molecule has 0 aliphatic carbocycles. The van der Waals surface area contributed by atoms with Crippen molar-refractivity contribution in [1.82, 2.24) is 0 Å². The van der Waals surface area contributed by atoms with E-state index in [0.29, 0.717) is 0 Å². The van der Waals surface area contributed by atoms with Crippen molar-refractivity contribution in [2.45, 2.75) is 11.8 Å². The lowest BCUT2D eigenvalue weighted by molar-refractivity contribution is 0.606. The van der Waals surface area contributed by atoms with Gasteiger partial charge >= 0.3 is 0 Å². The molecule has 0 N–H and O–H groups in total. The van der Waals surface area contributed by atoms with Crippen molar-refractivity contribution >= 4 is 9.84 Å². The molecule has 0 amide bonds. The fourth-order valence-electron chi connectivity index (χ4n) is 0.776. The van der Waals surface area contributed by atoms with Crippen molar-refractivity contribution < 1.29 is 8.42 Å². The largest absolute Gasteiger partial charge is 0.246 e. The standard InChI is InChI=1S/C9H7O2S/c1-3-12(10,11)9-6-4-8(2)5-7-9/h4-7H,2H3. The van der Waals surface area contributed by atoms with Gasteiger partial charge in [0.05, 0.1) is 4.90 Å². The van der Waals surface area contributed by atoms with Gasteiger partial charge in [-0.3, -0.25) is 0 Å². The molecular formula is C9H7O2S. The summed E-state index contributed by atoms with van der Waals surface area (Å²) < 4.78 is 22.0. The summed E-state index contributed by atoms with van der Waals surface area (Å²) >= 11 is 0. The minimum absolute atomic E-state index is 0.114. The van der Waals surface area contributed by atoms with Gasteiger partial charge in [0, 0.05) is 11.7 Å². The molecule has 0 unspecified atom stereocenters. The second kappa shape index (κ2) is 3.00. The molecule has 61 valence electrons. The smallest absolute Gasteiger partial charge is 0.210 e. The molecule has 0 atom stereocenters. The van der Waals surface area contributed by atoms with Crippen LogP contribution in [0.15, 0.2) is 29.2 Å². The van der Waals surface area contributed by atoms with Gasteiger partial charge in [-0.25, -0.2) is 8.42 Å². The molecule has 2 nitrogen and oxygen atoms in total. The van der Waals surface area contributed by atoms with Crippen molar-refractivity contribution in [1.29, 1.82) is 0 Å². The van der Waals surface area contributed by atoms with E-state index in [-0.39, 0.29) is 4.90 Å². The van der Waals surface area contributed by atoms with Gasteiger partial charge in [-0.1, -0.05) is 17.7 Å². The van der Waals surface area contributed by atoms with E-state index in [2.05, 4.69) is 0 Å². The van der Waals surface area contributed by atoms with Gasteiger partial charge in [0.2, 0.25) is 9.84 Å². The maximum absolute atomic E-state index is 11.0. The highest BCUT2D eigenvalue weighted by Crippen LogP contribution is 2.10. The van der Waals surface area contributed by atoms with Crippen LogP contribution in [-0.2, 0) is 9.84 Å². The van der Waals surface area contributed by atoms with E-state index in [1.165, 1.54) is 17.4 Å². The predicted molar refractivity (Wildman–Crippen MR) is 45.5 cm³/mol. The summed E-state index contributed by atoms with van der Waals surface area (Å²) in [5.74, 6) is 0. The van der Waals surface area contributed by atoms with Crippen LogP contribution in [-0.4, -0.2) is 8.42 Å². The summed E-state index contributed by atoms with van der Waals surface area (Å²) in [6, 6.07) is 6.30. The topological polar surface area (TPSA) is 34.1 Å². The maximum Gasteiger partial charge on any atom is 0.246 e. The zero-order valence-corrected chi connectivity index (χ0v) is 7.35. The fourth-order valence-corrected chi connectivity index (χ4v) is 1.39. The predicted octanol–water partition coefficient (Wildman–Crippen LogP) is 1.32. The minimum Gasteiger partial charge on any atom is -0.210 e. The Balaban J connectivity index is 3.26. The molecule has 1 aromatic carbocycles. The number of rotatable bonds is 1. The lowest BCUT2D eigenvalue weighted by atomic mass is 10.2. The molecule has 12 heavy (non-hydrogen) atoms. The van der Waals surface area contributed by atoms with Crippen molar-refractivity contribution in [2.75, 3.05) is 0 Å². The minimum atomic E-state index is -3.60. The first kappa shape index (κ1) is 8.82. The second-order valence-corrected chi connectivity index (χ2v) is 4.10. The molecular weight excluding hydrogens is 172 g/mol. The second-order valence-electron chi connectivity index (χ2n) is 2.42. The third-order valence-corrected chi connectivity index (χ3v) is 2.63. The van der Waals surface area contributed by atoms with Gasteiger partial charge in [-0.2, -0.15) is 0 Å². The Kier molecular flexibility index (Phi) is 2.20. The van der Waals surface area contributed by atoms with E-state index in [1.807, 2.05) is 6.92 Å². The monoisotopic (exact) mass is 179 g/mol. The molecule has 0 saturated carbocycles. The van der Waals surface area contributed by atoms with Gasteiger partial charge < -0.3 is 0 Å². The van der Waals surface area contributed by atoms with Crippen molar-refractivity contribution in [2.24, 2.45) is 0 Å². The van der Waals surface area contributed by atoms with Gasteiger partial charge in [0.15, 0.2) is 0 Å². The molecule has 0 aliphatic rings. The maximum atomic E-state index is 11.0. The average molecular weight is 179 g/mol. The molecule has 0 fully saturated rings. The molecule has 0 saturated heterocycles. The summed E-state index contributed by atoms with van der Waals surface area (Å²) in [7, 11) is -3.60. The summed E-state index contributed by atoms with van der Waals surface area (Å²) in [4.78, 5) is 0.114. The van der Waals surface area contributed by atoms with Gasteiger partial charge in [0.25, 0.3) is 0 Å². The van der Waals surface area contributed by atoms with Crippen molar-refractivity contribution in [3.63, 3.8) is 0 Å². The Hall–Kier alpha value is -1.27. The summed E-state index contributed by atoms with van der Waals surface area (Å²) in [5, 5.41) is 1.50. The van der Waals surface area contributed by atoms with Gasteiger partial charge in [0.1, 0.15) is 0 Å². The van der Waals surface area contributed by atoms with Gasteiger partial charge in [-0.05, 0) is 19.1 Å². The van der Waals surface area contributed by atoms with E-state index in [4.69, 9.17) is 6.42 Å². The van der Waals surface area contributed by atoms with E-state index >= 15 is 0 Å². The highest BCUT2D eigenvalue weighted by Gasteiger charge is 2.08. The van der Waals surface area contributed by atoms with Gasteiger partial charge in [-0.15, -0.1) is 0 Å². The van der Waals surface area contributed by atoms with Crippen LogP contribution in [0.1, 0.15) is 5.56 Å². The van der Waals surface area contributed by atoms with E-state index in [9.17, 15) is 8.42 Å². The first-order valence-corrected chi connectivity index (χ1v) is 4.80. The first-order chi connectivity index (χ1) is 5.56. The van der Waals surface area contributed by atoms with Crippen LogP contribution < -0.4 is 0 Å². The molecule has 1 radical (unpaired) electrons. The Morgan fingerprint density at radius 2 is 1.75 bits per heavy atom. The summed E-state index contributed by atoms with van der Waals surface area (Å²) in [5.41, 5.74) is 0.985. The molecule has 0 bridgehead atoms. The van der Waals surface area contributed by atoms with Crippen LogP contribution in [0.5, 0.6) is 0 Å². The first-order valence-electron chi connectivity index (χ1n) is 3.31. The molecule has 0 spiro atoms. The highest BCUT2D eigenvalue weighted by atomic mass is 32.2. The Labute approximate surface area is 72.2 Å². The van der Waals surface area contributed by atoms with Crippen LogP contribution >= 0.6 is 0 Å². The number of hydrogen-bond acceptors (Lipinski definition) is 2. The van der Waals surface area contributed by atoms with E-state index in [1.54, 1.807) is 12.1 Å². The highest BCUT2D eigenvalue weighted by molar-refractivity contribution is 7.96. The molecule has 0 aromatic heterocycles. The number of sulfone groups is 1. The summed E-state index contributed by atoms with van der Waals surface area (Å²) in [6.07, 6.45) is 6.56. The third kappa shape index (κ3) is 1.66. The zero-order valence-electron chi connectivity index (χ0n) is 6.53. The zero-order chi connectivity index (χ0) is 9.19. The number of benzene rings is 1. The molecule has 0 heterocycles. The average Bonchev–Trinajstić information content (AvgIpc) is 2.05. The fraction of sp³-hybridized carbons (Fsp3) is 0.111. The quantitative estimate of drug-likeness (QED) is 0.609. The van der Waals surface area contributed by atoms with Crippen LogP contribution in [0.25, 0.3) is 0 Å². The SMILES string of the molecule is [C]#CS(=O)(=O)c1ccc(C)cc1. The van der Waals surface area contributed by atoms with E-state index in [0.717, 1.165) is 5.56 Å². The van der Waals surface area contributed by atoms with Crippen LogP contribution in [0, 0.1) is 18.6 Å². The molecule has 3 heteroatoms. The van der Waals surface area contributed by atoms with E-state index < -0.39 is 9.84 Å². The Morgan fingerprint density at radius 3 is 2.17 bits per heavy atom. The Morgan fingerprint density at radius 1 is 1.25 bits per heavy atom. The third-order valence-electron chi connectivity index (χ3n) is 1.47. The van der Waals surface area contributed by atoms with Crippen LogP contribution in [0.4, 0.5) is 0 Å². The van der Waals surface area contributed by atoms with Crippen molar-refractivity contribution in [3.8, 4) is 5.25 Å². The lowest BCUT2D eigenvalue weighted by Crippen LogP contribution is -1.95. The van der Waals surface area contributed by atoms with Crippen LogP contribution in [0.3, 0.4) is 0 Å².